The molecule has 1 aromatic carbocycles. The van der Waals surface area contributed by atoms with Crippen molar-refractivity contribution in [3.63, 3.8) is 0 Å². The first kappa shape index (κ1) is 18.6. The van der Waals surface area contributed by atoms with Gasteiger partial charge in [-0.25, -0.2) is 4.98 Å². The van der Waals surface area contributed by atoms with E-state index in [1.807, 2.05) is 12.1 Å². The van der Waals surface area contributed by atoms with Crippen molar-refractivity contribution in [3.05, 3.63) is 63.3 Å². The summed E-state index contributed by atoms with van der Waals surface area (Å²) in [6, 6.07) is 10.6. The van der Waals surface area contributed by atoms with Crippen LogP contribution in [0.25, 0.3) is 11.3 Å². The van der Waals surface area contributed by atoms with Gasteiger partial charge in [0.25, 0.3) is 5.91 Å². The molecule has 3 aromatic rings. The zero-order chi connectivity index (χ0) is 19.5. The highest BCUT2D eigenvalue weighted by atomic mass is 32.1. The molecule has 0 unspecified atom stereocenters. The van der Waals surface area contributed by atoms with Gasteiger partial charge in [0.05, 0.1) is 10.7 Å². The third-order valence-corrected chi connectivity index (χ3v) is 6.14. The number of nitrogens with one attached hydrogen (secondary N) is 1. The first-order chi connectivity index (χ1) is 13.6. The normalized spacial score (nSPS) is 13.2. The maximum atomic E-state index is 12.4. The number of aromatic nitrogens is 1. The van der Waals surface area contributed by atoms with Crippen LogP contribution in [0, 0.1) is 0 Å². The van der Waals surface area contributed by atoms with Gasteiger partial charge in [0.15, 0.2) is 11.5 Å². The van der Waals surface area contributed by atoms with E-state index in [9.17, 15) is 9.59 Å². The highest BCUT2D eigenvalue weighted by Gasteiger charge is 2.16. The molecule has 6 heteroatoms. The van der Waals surface area contributed by atoms with Crippen LogP contribution in [0.5, 0.6) is 0 Å². The largest absolute Gasteiger partial charge is 0.451 e. The van der Waals surface area contributed by atoms with E-state index in [0.29, 0.717) is 17.9 Å². The molecule has 28 heavy (non-hydrogen) atoms. The second-order valence-electron chi connectivity index (χ2n) is 6.99. The van der Waals surface area contributed by atoms with E-state index < -0.39 is 0 Å². The molecule has 144 valence electrons. The second-order valence-corrected chi connectivity index (χ2v) is 8.16. The van der Waals surface area contributed by atoms with E-state index in [0.717, 1.165) is 29.8 Å². The van der Waals surface area contributed by atoms with Crippen LogP contribution in [0.2, 0.25) is 0 Å². The lowest BCUT2D eigenvalue weighted by Crippen LogP contribution is -2.25. The van der Waals surface area contributed by atoms with Crippen molar-refractivity contribution in [2.75, 3.05) is 6.54 Å². The molecular weight excluding hydrogens is 372 g/mol. The van der Waals surface area contributed by atoms with Crippen molar-refractivity contribution >= 4 is 23.0 Å². The lowest BCUT2D eigenvalue weighted by molar-refractivity contribution is 0.0926. The zero-order valence-electron chi connectivity index (χ0n) is 15.8. The Kier molecular flexibility index (Phi) is 5.39. The zero-order valence-corrected chi connectivity index (χ0v) is 16.6. The summed E-state index contributed by atoms with van der Waals surface area (Å²) in [5.74, 6) is 0.678. The Morgan fingerprint density at radius 3 is 2.64 bits per heavy atom. The molecule has 0 radical (unpaired) electrons. The molecule has 1 N–H and O–H groups in total. The van der Waals surface area contributed by atoms with Crippen LogP contribution in [-0.2, 0) is 19.3 Å². The number of hydrogen-bond acceptors (Lipinski definition) is 5. The van der Waals surface area contributed by atoms with E-state index >= 15 is 0 Å². The summed E-state index contributed by atoms with van der Waals surface area (Å²) in [6.45, 7) is 2.07. The van der Waals surface area contributed by atoms with Crippen LogP contribution in [0.15, 0.2) is 40.8 Å². The number of hydrogen-bond donors (Lipinski definition) is 1. The molecule has 0 fully saturated rings. The number of Topliss-reactive ketones (excluding diaryl/α,β-unsaturated/α-hetero) is 1. The van der Waals surface area contributed by atoms with Gasteiger partial charge in [-0.3, -0.25) is 9.59 Å². The van der Waals surface area contributed by atoms with Crippen LogP contribution in [0.4, 0.5) is 0 Å². The molecule has 0 spiro atoms. The van der Waals surface area contributed by atoms with Crippen LogP contribution in [0.1, 0.15) is 56.3 Å². The number of aryl methyl sites for hydroxylation is 2. The van der Waals surface area contributed by atoms with Crippen molar-refractivity contribution < 1.29 is 14.0 Å². The van der Waals surface area contributed by atoms with Crippen LogP contribution in [0.3, 0.4) is 0 Å². The van der Waals surface area contributed by atoms with Crippen LogP contribution in [-0.4, -0.2) is 23.2 Å². The molecule has 0 aliphatic heterocycles. The molecule has 1 aliphatic carbocycles. The van der Waals surface area contributed by atoms with Crippen LogP contribution >= 0.6 is 11.3 Å². The van der Waals surface area contributed by atoms with Gasteiger partial charge < -0.3 is 9.73 Å². The number of rotatable bonds is 6. The predicted molar refractivity (Wildman–Crippen MR) is 109 cm³/mol. The molecule has 4 rings (SSSR count). The molecule has 0 saturated heterocycles. The fraction of sp³-hybridized carbons (Fsp3) is 0.318. The first-order valence-corrected chi connectivity index (χ1v) is 10.4. The summed E-state index contributed by atoms with van der Waals surface area (Å²) in [7, 11) is 0. The Labute approximate surface area is 167 Å². The fourth-order valence-corrected chi connectivity index (χ4v) is 4.52. The van der Waals surface area contributed by atoms with Crippen molar-refractivity contribution in [3.8, 4) is 11.3 Å². The van der Waals surface area contributed by atoms with Crippen molar-refractivity contribution in [2.45, 2.75) is 39.0 Å². The molecule has 0 atom stereocenters. The summed E-state index contributed by atoms with van der Waals surface area (Å²) in [4.78, 5) is 29.8. The number of fused-ring (bicyclic) bond motifs is 1. The van der Waals surface area contributed by atoms with Gasteiger partial charge in [-0.1, -0.05) is 24.3 Å². The number of amides is 1. The summed E-state index contributed by atoms with van der Waals surface area (Å²) in [5, 5.41) is 4.00. The van der Waals surface area contributed by atoms with Gasteiger partial charge in [-0.15, -0.1) is 11.3 Å². The summed E-state index contributed by atoms with van der Waals surface area (Å²) in [5.41, 5.74) is 2.73. The topological polar surface area (TPSA) is 72.2 Å². The Balaban J connectivity index is 1.34. The standard InChI is InChI=1S/C22H22N2O3S/c1-14(25)15-6-8-16(9-7-15)18-10-11-19(27-18)22(26)23-13-12-21-24-17-4-2-3-5-20(17)28-21/h6-11H,2-5,12-13H2,1H3,(H,23,26). The summed E-state index contributed by atoms with van der Waals surface area (Å²) >= 11 is 1.78. The van der Waals surface area contributed by atoms with Gasteiger partial charge in [0, 0.05) is 29.0 Å². The molecular formula is C22H22N2O3S. The second kappa shape index (κ2) is 8.10. The van der Waals surface area contributed by atoms with Gasteiger partial charge in [0.1, 0.15) is 5.76 Å². The maximum Gasteiger partial charge on any atom is 0.287 e. The lowest BCUT2D eigenvalue weighted by Gasteiger charge is -2.06. The Morgan fingerprint density at radius 1 is 1.11 bits per heavy atom. The molecule has 5 nitrogen and oxygen atoms in total. The highest BCUT2D eigenvalue weighted by Crippen LogP contribution is 2.27. The fourth-order valence-electron chi connectivity index (χ4n) is 3.37. The predicted octanol–water partition coefficient (Wildman–Crippen LogP) is 4.46. The number of furan rings is 1. The lowest BCUT2D eigenvalue weighted by atomic mass is 10.0. The third-order valence-electron chi connectivity index (χ3n) is 4.92. The van der Waals surface area contributed by atoms with Crippen molar-refractivity contribution in [2.24, 2.45) is 0 Å². The highest BCUT2D eigenvalue weighted by molar-refractivity contribution is 7.11. The molecule has 2 heterocycles. The average molecular weight is 394 g/mol. The Bertz CT molecular complexity index is 978. The number of benzene rings is 1. The molecule has 0 bridgehead atoms. The smallest absolute Gasteiger partial charge is 0.287 e. The number of carbonyl (C=O) groups is 2. The van der Waals surface area contributed by atoms with Gasteiger partial charge in [-0.05, 0) is 44.7 Å². The van der Waals surface area contributed by atoms with Crippen LogP contribution < -0.4 is 5.32 Å². The molecule has 2 aromatic heterocycles. The quantitative estimate of drug-likeness (QED) is 0.627. The third kappa shape index (κ3) is 4.07. The molecule has 1 aliphatic rings. The van der Waals surface area contributed by atoms with Gasteiger partial charge in [0.2, 0.25) is 0 Å². The summed E-state index contributed by atoms with van der Waals surface area (Å²) < 4.78 is 5.69. The molecule has 0 saturated carbocycles. The first-order valence-electron chi connectivity index (χ1n) is 9.57. The number of ketones is 1. The van der Waals surface area contributed by atoms with Gasteiger partial charge in [-0.2, -0.15) is 0 Å². The number of thiazole rings is 1. The summed E-state index contributed by atoms with van der Waals surface area (Å²) in [6.07, 6.45) is 5.45. The van der Waals surface area contributed by atoms with Crippen molar-refractivity contribution in [1.82, 2.24) is 10.3 Å². The van der Waals surface area contributed by atoms with E-state index in [2.05, 4.69) is 5.32 Å². The number of carbonyl (C=O) groups excluding carboxylic acids is 2. The minimum Gasteiger partial charge on any atom is -0.451 e. The van der Waals surface area contributed by atoms with Gasteiger partial charge >= 0.3 is 0 Å². The SMILES string of the molecule is CC(=O)c1ccc(-c2ccc(C(=O)NCCc3nc4c(s3)CCCC4)o2)cc1. The van der Waals surface area contributed by atoms with Crippen molar-refractivity contribution in [1.29, 1.82) is 0 Å². The Morgan fingerprint density at radius 2 is 1.89 bits per heavy atom. The molecule has 1 amide bonds. The monoisotopic (exact) mass is 394 g/mol. The number of nitrogens with zero attached hydrogens (tertiary/aromatic N) is 1. The van der Waals surface area contributed by atoms with E-state index in [4.69, 9.17) is 9.40 Å². The van der Waals surface area contributed by atoms with E-state index in [-0.39, 0.29) is 17.5 Å². The minimum atomic E-state index is -0.229. The van der Waals surface area contributed by atoms with E-state index in [1.165, 1.54) is 30.3 Å². The minimum absolute atomic E-state index is 0.0205. The van der Waals surface area contributed by atoms with E-state index in [1.54, 1.807) is 35.6 Å². The Hall–Kier alpha value is -2.73. The average Bonchev–Trinajstić information content (AvgIpc) is 3.35. The maximum absolute atomic E-state index is 12.4.